The zero-order valence-corrected chi connectivity index (χ0v) is 25.9. The molecular formula is C30H51N3O4S. The van der Waals surface area contributed by atoms with Gasteiger partial charge in [0.1, 0.15) is 17.7 Å². The number of ether oxygens (including phenoxy) is 1. The summed E-state index contributed by atoms with van der Waals surface area (Å²) in [6.45, 7) is 15.8. The smallest absolute Gasteiger partial charge is 0.408 e. The van der Waals surface area contributed by atoms with Crippen LogP contribution in [-0.2, 0) is 14.3 Å². The monoisotopic (exact) mass is 549 g/mol. The van der Waals surface area contributed by atoms with Gasteiger partial charge >= 0.3 is 6.09 Å². The molecule has 0 radical (unpaired) electrons. The summed E-state index contributed by atoms with van der Waals surface area (Å²) in [5, 5.41) is 5.86. The Labute approximate surface area is 235 Å². The second-order valence-electron chi connectivity index (χ2n) is 11.3. The van der Waals surface area contributed by atoms with Crippen LogP contribution in [0.1, 0.15) is 103 Å². The SMILES string of the molecule is CCCCCCCN(C(=O)C(CCSC)NC(=O)OC(C)(C)C)C(C(=O)NC(C)C)c1c(C)cccc1C. The van der Waals surface area contributed by atoms with E-state index in [0.29, 0.717) is 18.7 Å². The van der Waals surface area contributed by atoms with E-state index in [1.165, 1.54) is 0 Å². The van der Waals surface area contributed by atoms with Gasteiger partial charge in [0, 0.05) is 12.6 Å². The quantitative estimate of drug-likeness (QED) is 0.250. The number of alkyl carbamates (subject to hydrolysis) is 1. The van der Waals surface area contributed by atoms with Gasteiger partial charge in [0.2, 0.25) is 11.8 Å². The molecule has 1 aromatic rings. The molecule has 0 aliphatic carbocycles. The largest absolute Gasteiger partial charge is 0.444 e. The van der Waals surface area contributed by atoms with Gasteiger partial charge in [0.25, 0.3) is 0 Å². The zero-order chi connectivity index (χ0) is 28.9. The Morgan fingerprint density at radius 3 is 2.13 bits per heavy atom. The minimum Gasteiger partial charge on any atom is -0.444 e. The number of unbranched alkanes of at least 4 members (excludes halogenated alkanes) is 4. The summed E-state index contributed by atoms with van der Waals surface area (Å²) in [6, 6.07) is 4.25. The molecule has 0 bridgehead atoms. The Morgan fingerprint density at radius 1 is 1.00 bits per heavy atom. The van der Waals surface area contributed by atoms with Crippen molar-refractivity contribution in [3.8, 4) is 0 Å². The van der Waals surface area contributed by atoms with Crippen LogP contribution in [0.25, 0.3) is 0 Å². The number of aryl methyl sites for hydroxylation is 2. The highest BCUT2D eigenvalue weighted by molar-refractivity contribution is 7.98. The molecule has 2 atom stereocenters. The van der Waals surface area contributed by atoms with E-state index in [4.69, 9.17) is 4.74 Å². The number of benzene rings is 1. The molecule has 2 N–H and O–H groups in total. The minimum absolute atomic E-state index is 0.0805. The Bertz CT molecular complexity index is 878. The Hall–Kier alpha value is -2.22. The first-order chi connectivity index (χ1) is 17.8. The van der Waals surface area contributed by atoms with E-state index in [2.05, 4.69) is 17.6 Å². The van der Waals surface area contributed by atoms with Gasteiger partial charge in [0.15, 0.2) is 0 Å². The van der Waals surface area contributed by atoms with Gasteiger partial charge in [0.05, 0.1) is 0 Å². The minimum atomic E-state index is -0.799. The highest BCUT2D eigenvalue weighted by atomic mass is 32.2. The molecule has 0 aromatic heterocycles. The molecule has 1 rings (SSSR count). The fourth-order valence-corrected chi connectivity index (χ4v) is 4.92. The van der Waals surface area contributed by atoms with Crippen molar-refractivity contribution in [1.29, 1.82) is 0 Å². The van der Waals surface area contributed by atoms with Crippen molar-refractivity contribution < 1.29 is 19.1 Å². The van der Waals surface area contributed by atoms with Gasteiger partial charge in [-0.05, 0) is 90.0 Å². The number of rotatable bonds is 15. The number of carbonyl (C=O) groups is 3. The van der Waals surface area contributed by atoms with E-state index in [9.17, 15) is 14.4 Å². The van der Waals surface area contributed by atoms with Crippen LogP contribution in [0.5, 0.6) is 0 Å². The fourth-order valence-electron chi connectivity index (χ4n) is 4.45. The standard InChI is InChI=1S/C30H51N3O4S/c1-10-11-12-13-14-19-33(28(35)24(18-20-38-9)32-29(36)37-30(6,7)8)26(27(34)31-21(2)3)25-22(4)16-15-17-23(25)5/h15-17,21,24,26H,10-14,18-20H2,1-9H3,(H,31,34)(H,32,36). The Balaban J connectivity index is 3.53. The summed E-state index contributed by atoms with van der Waals surface area (Å²) >= 11 is 1.61. The van der Waals surface area contributed by atoms with Crippen LogP contribution in [-0.4, -0.2) is 59.0 Å². The summed E-state index contributed by atoms with van der Waals surface area (Å²) in [6.07, 6.45) is 6.88. The van der Waals surface area contributed by atoms with Crippen molar-refractivity contribution in [1.82, 2.24) is 15.5 Å². The lowest BCUT2D eigenvalue weighted by Gasteiger charge is -2.36. The van der Waals surface area contributed by atoms with Crippen LogP contribution in [0.2, 0.25) is 0 Å². The van der Waals surface area contributed by atoms with Crippen LogP contribution in [0.3, 0.4) is 0 Å². The van der Waals surface area contributed by atoms with E-state index in [1.54, 1.807) is 37.4 Å². The van der Waals surface area contributed by atoms with Gasteiger partial charge in [-0.3, -0.25) is 9.59 Å². The van der Waals surface area contributed by atoms with Gasteiger partial charge in [-0.15, -0.1) is 0 Å². The lowest BCUT2D eigenvalue weighted by molar-refractivity contribution is -0.142. The van der Waals surface area contributed by atoms with Crippen LogP contribution in [0, 0.1) is 13.8 Å². The summed E-state index contributed by atoms with van der Waals surface area (Å²) in [5.74, 6) is 0.218. The molecule has 0 heterocycles. The second kappa shape index (κ2) is 16.7. The molecular weight excluding hydrogens is 498 g/mol. The number of hydrogen-bond donors (Lipinski definition) is 2. The van der Waals surface area contributed by atoms with Crippen LogP contribution < -0.4 is 10.6 Å². The van der Waals surface area contributed by atoms with Crippen LogP contribution in [0.15, 0.2) is 18.2 Å². The van der Waals surface area contributed by atoms with Crippen LogP contribution in [0.4, 0.5) is 4.79 Å². The number of hydrogen-bond acceptors (Lipinski definition) is 5. The molecule has 1 aromatic carbocycles. The molecule has 0 fully saturated rings. The molecule has 0 aliphatic rings. The van der Waals surface area contributed by atoms with E-state index in [1.807, 2.05) is 52.1 Å². The molecule has 0 saturated carbocycles. The molecule has 216 valence electrons. The maximum atomic E-state index is 14.3. The first-order valence-electron chi connectivity index (χ1n) is 14.0. The maximum Gasteiger partial charge on any atom is 0.408 e. The zero-order valence-electron chi connectivity index (χ0n) is 25.1. The maximum absolute atomic E-state index is 14.3. The number of nitrogens with one attached hydrogen (secondary N) is 2. The third-order valence-electron chi connectivity index (χ3n) is 6.19. The average molecular weight is 550 g/mol. The predicted molar refractivity (Wildman–Crippen MR) is 159 cm³/mol. The molecule has 7 nitrogen and oxygen atoms in total. The Morgan fingerprint density at radius 2 is 1.61 bits per heavy atom. The topological polar surface area (TPSA) is 87.7 Å². The number of amides is 3. The average Bonchev–Trinajstić information content (AvgIpc) is 2.80. The highest BCUT2D eigenvalue weighted by Crippen LogP contribution is 2.29. The number of nitrogens with zero attached hydrogens (tertiary/aromatic N) is 1. The number of carbonyl (C=O) groups excluding carboxylic acids is 3. The van der Waals surface area contributed by atoms with Gasteiger partial charge < -0.3 is 20.3 Å². The third kappa shape index (κ3) is 11.7. The lowest BCUT2D eigenvalue weighted by Crippen LogP contribution is -2.54. The molecule has 0 spiro atoms. The van der Waals surface area contributed by atoms with Crippen molar-refractivity contribution in [3.05, 3.63) is 34.9 Å². The molecule has 0 saturated heterocycles. The summed E-state index contributed by atoms with van der Waals surface area (Å²) in [4.78, 5) is 42.5. The molecule has 8 heteroatoms. The highest BCUT2D eigenvalue weighted by Gasteiger charge is 2.37. The first kappa shape index (κ1) is 33.8. The second-order valence-corrected chi connectivity index (χ2v) is 12.3. The van der Waals surface area contributed by atoms with Gasteiger partial charge in [-0.1, -0.05) is 50.8 Å². The van der Waals surface area contributed by atoms with Crippen molar-refractivity contribution in [2.75, 3.05) is 18.6 Å². The fraction of sp³-hybridized carbons (Fsp3) is 0.700. The lowest BCUT2D eigenvalue weighted by atomic mass is 9.93. The van der Waals surface area contributed by atoms with Crippen molar-refractivity contribution in [3.63, 3.8) is 0 Å². The van der Waals surface area contributed by atoms with E-state index in [-0.39, 0.29) is 17.9 Å². The summed E-state index contributed by atoms with van der Waals surface area (Å²) in [7, 11) is 0. The van der Waals surface area contributed by atoms with E-state index in [0.717, 1.165) is 48.8 Å². The normalized spacial score (nSPS) is 13.1. The first-order valence-corrected chi connectivity index (χ1v) is 15.4. The summed E-state index contributed by atoms with van der Waals surface area (Å²) in [5.41, 5.74) is 2.07. The van der Waals surface area contributed by atoms with Crippen LogP contribution >= 0.6 is 11.8 Å². The van der Waals surface area contributed by atoms with Gasteiger partial charge in [-0.25, -0.2) is 4.79 Å². The van der Waals surface area contributed by atoms with E-state index >= 15 is 0 Å². The van der Waals surface area contributed by atoms with Crippen molar-refractivity contribution in [2.45, 2.75) is 118 Å². The number of thioether (sulfide) groups is 1. The molecule has 3 amide bonds. The third-order valence-corrected chi connectivity index (χ3v) is 6.84. The summed E-state index contributed by atoms with van der Waals surface area (Å²) < 4.78 is 5.48. The molecule has 2 unspecified atom stereocenters. The predicted octanol–water partition coefficient (Wildman–Crippen LogP) is 6.31. The van der Waals surface area contributed by atoms with Crippen molar-refractivity contribution >= 4 is 29.7 Å². The Kier molecular flexibility index (Phi) is 14.8. The molecule has 0 aliphatic heterocycles. The van der Waals surface area contributed by atoms with E-state index < -0.39 is 23.8 Å². The van der Waals surface area contributed by atoms with Crippen molar-refractivity contribution in [2.24, 2.45) is 0 Å². The molecule has 38 heavy (non-hydrogen) atoms. The van der Waals surface area contributed by atoms with Gasteiger partial charge in [-0.2, -0.15) is 11.8 Å².